The van der Waals surface area contributed by atoms with Gasteiger partial charge in [0.15, 0.2) is 0 Å². The molecule has 0 aliphatic carbocycles. The highest BCUT2D eigenvalue weighted by molar-refractivity contribution is 5.25. The van der Waals surface area contributed by atoms with Crippen molar-refractivity contribution >= 4 is 0 Å². The van der Waals surface area contributed by atoms with Gasteiger partial charge in [-0.3, -0.25) is 0 Å². The van der Waals surface area contributed by atoms with Crippen molar-refractivity contribution in [2.75, 3.05) is 0 Å². The minimum atomic E-state index is 0.581. The van der Waals surface area contributed by atoms with Gasteiger partial charge in [-0.25, -0.2) is 0 Å². The van der Waals surface area contributed by atoms with E-state index in [2.05, 4.69) is 51.4 Å². The molecule has 0 saturated carbocycles. The van der Waals surface area contributed by atoms with Crippen LogP contribution < -0.4 is 0 Å². The zero-order chi connectivity index (χ0) is 12.0. The monoisotopic (exact) mass is 209 g/mol. The lowest BCUT2D eigenvalue weighted by atomic mass is 10.0. The summed E-state index contributed by atoms with van der Waals surface area (Å²) in [6, 6.07) is 2.84. The van der Waals surface area contributed by atoms with E-state index in [-0.39, 0.29) is 0 Å². The SMILES string of the molecule is CC.CCc1ccn(C(C)C)c1C(C)C. The summed E-state index contributed by atoms with van der Waals surface area (Å²) in [5.74, 6) is 0.632. The highest BCUT2D eigenvalue weighted by Crippen LogP contribution is 2.24. The van der Waals surface area contributed by atoms with Gasteiger partial charge in [0.25, 0.3) is 0 Å². The van der Waals surface area contributed by atoms with Gasteiger partial charge < -0.3 is 4.57 Å². The van der Waals surface area contributed by atoms with Gasteiger partial charge in [0, 0.05) is 17.9 Å². The van der Waals surface area contributed by atoms with E-state index in [1.807, 2.05) is 13.8 Å². The Hall–Kier alpha value is -0.720. The first-order valence-corrected chi connectivity index (χ1v) is 6.27. The smallest absolute Gasteiger partial charge is 0.0277 e. The number of aromatic nitrogens is 1. The normalized spacial score (nSPS) is 10.5. The average molecular weight is 209 g/mol. The average Bonchev–Trinajstić information content (AvgIpc) is 2.64. The molecule has 0 aliphatic rings. The van der Waals surface area contributed by atoms with Crippen LogP contribution in [-0.2, 0) is 6.42 Å². The minimum Gasteiger partial charge on any atom is -0.348 e. The summed E-state index contributed by atoms with van der Waals surface area (Å²) < 4.78 is 2.39. The van der Waals surface area contributed by atoms with Gasteiger partial charge in [0.2, 0.25) is 0 Å². The third-order valence-electron chi connectivity index (χ3n) is 2.53. The van der Waals surface area contributed by atoms with Crippen molar-refractivity contribution in [3.8, 4) is 0 Å². The summed E-state index contributed by atoms with van der Waals surface area (Å²) >= 11 is 0. The van der Waals surface area contributed by atoms with Crippen molar-refractivity contribution < 1.29 is 0 Å². The van der Waals surface area contributed by atoms with Crippen molar-refractivity contribution in [1.29, 1.82) is 0 Å². The number of hydrogen-bond donors (Lipinski definition) is 0. The van der Waals surface area contributed by atoms with Crippen LogP contribution in [0.2, 0.25) is 0 Å². The molecule has 0 bridgehead atoms. The van der Waals surface area contributed by atoms with E-state index in [1.54, 1.807) is 0 Å². The van der Waals surface area contributed by atoms with Crippen molar-refractivity contribution in [3.63, 3.8) is 0 Å². The Labute approximate surface area is 95.5 Å². The lowest BCUT2D eigenvalue weighted by molar-refractivity contribution is 0.557. The van der Waals surface area contributed by atoms with Crippen LogP contribution in [0.15, 0.2) is 12.3 Å². The molecule has 1 aromatic rings. The van der Waals surface area contributed by atoms with Gasteiger partial charge in [-0.2, -0.15) is 0 Å². The molecule has 0 amide bonds. The molecular formula is C14H27N. The van der Waals surface area contributed by atoms with Gasteiger partial charge in [0.1, 0.15) is 0 Å². The first-order valence-electron chi connectivity index (χ1n) is 6.27. The fourth-order valence-corrected chi connectivity index (χ4v) is 1.92. The Morgan fingerprint density at radius 1 is 1.13 bits per heavy atom. The second-order valence-corrected chi connectivity index (χ2v) is 4.24. The summed E-state index contributed by atoms with van der Waals surface area (Å²) in [5, 5.41) is 0. The Balaban J connectivity index is 0.000000921. The molecule has 0 fully saturated rings. The van der Waals surface area contributed by atoms with E-state index in [1.165, 1.54) is 11.3 Å². The molecule has 0 saturated heterocycles. The summed E-state index contributed by atoms with van der Waals surface area (Å²) in [7, 11) is 0. The largest absolute Gasteiger partial charge is 0.348 e. The molecule has 15 heavy (non-hydrogen) atoms. The highest BCUT2D eigenvalue weighted by atomic mass is 15.0. The second kappa shape index (κ2) is 6.71. The highest BCUT2D eigenvalue weighted by Gasteiger charge is 2.12. The summed E-state index contributed by atoms with van der Waals surface area (Å²) in [6.07, 6.45) is 3.37. The van der Waals surface area contributed by atoms with Crippen LogP contribution in [0, 0.1) is 0 Å². The Kier molecular flexibility index (Phi) is 6.38. The lowest BCUT2D eigenvalue weighted by Gasteiger charge is -2.17. The maximum absolute atomic E-state index is 2.39. The Morgan fingerprint density at radius 3 is 2.00 bits per heavy atom. The summed E-state index contributed by atoms with van der Waals surface area (Å²) in [4.78, 5) is 0. The Morgan fingerprint density at radius 2 is 1.67 bits per heavy atom. The van der Waals surface area contributed by atoms with E-state index in [0.717, 1.165) is 6.42 Å². The zero-order valence-corrected chi connectivity index (χ0v) is 11.5. The van der Waals surface area contributed by atoms with E-state index < -0.39 is 0 Å². The van der Waals surface area contributed by atoms with Gasteiger partial charge in [-0.15, -0.1) is 0 Å². The molecule has 0 spiro atoms. The molecule has 0 radical (unpaired) electrons. The summed E-state index contributed by atoms with van der Waals surface area (Å²) in [5.41, 5.74) is 3.02. The van der Waals surface area contributed by atoms with Crippen LogP contribution in [0.4, 0.5) is 0 Å². The number of hydrogen-bond acceptors (Lipinski definition) is 0. The minimum absolute atomic E-state index is 0.581. The van der Waals surface area contributed by atoms with Crippen LogP contribution in [0.3, 0.4) is 0 Å². The molecule has 88 valence electrons. The fraction of sp³-hybridized carbons (Fsp3) is 0.714. The zero-order valence-electron chi connectivity index (χ0n) is 11.5. The van der Waals surface area contributed by atoms with Crippen molar-refractivity contribution in [2.45, 2.75) is 66.8 Å². The van der Waals surface area contributed by atoms with Gasteiger partial charge in [-0.05, 0) is 37.8 Å². The maximum atomic E-state index is 2.39. The molecule has 1 heteroatoms. The van der Waals surface area contributed by atoms with Crippen molar-refractivity contribution in [2.24, 2.45) is 0 Å². The first-order chi connectivity index (χ1) is 7.07. The van der Waals surface area contributed by atoms with Gasteiger partial charge in [0.05, 0.1) is 0 Å². The predicted octanol–water partition coefficient (Wildman–Crippen LogP) is 4.78. The fourth-order valence-electron chi connectivity index (χ4n) is 1.92. The van der Waals surface area contributed by atoms with E-state index in [4.69, 9.17) is 0 Å². The van der Waals surface area contributed by atoms with Crippen LogP contribution >= 0.6 is 0 Å². The van der Waals surface area contributed by atoms with E-state index >= 15 is 0 Å². The molecular weight excluding hydrogens is 182 g/mol. The van der Waals surface area contributed by atoms with Crippen LogP contribution in [0.1, 0.15) is 71.7 Å². The number of rotatable bonds is 3. The number of aryl methyl sites for hydroxylation is 1. The Bertz CT molecular complexity index is 269. The maximum Gasteiger partial charge on any atom is 0.0277 e. The molecule has 0 N–H and O–H groups in total. The van der Waals surface area contributed by atoms with Gasteiger partial charge in [-0.1, -0.05) is 34.6 Å². The third-order valence-corrected chi connectivity index (χ3v) is 2.53. The van der Waals surface area contributed by atoms with Crippen LogP contribution in [-0.4, -0.2) is 4.57 Å². The molecule has 0 aliphatic heterocycles. The van der Waals surface area contributed by atoms with Crippen LogP contribution in [0.5, 0.6) is 0 Å². The lowest BCUT2D eigenvalue weighted by Crippen LogP contribution is -2.07. The van der Waals surface area contributed by atoms with Gasteiger partial charge >= 0.3 is 0 Å². The number of nitrogens with zero attached hydrogens (tertiary/aromatic N) is 1. The van der Waals surface area contributed by atoms with E-state index in [9.17, 15) is 0 Å². The molecule has 1 heterocycles. The standard InChI is InChI=1S/C12H21N.C2H6/c1-6-11-7-8-13(10(4)5)12(11)9(2)3;1-2/h7-10H,6H2,1-5H3;1-2H3. The topological polar surface area (TPSA) is 4.93 Å². The molecule has 0 unspecified atom stereocenters. The predicted molar refractivity (Wildman–Crippen MR) is 69.6 cm³/mol. The molecule has 0 aromatic carbocycles. The second-order valence-electron chi connectivity index (χ2n) is 4.24. The van der Waals surface area contributed by atoms with Crippen LogP contribution in [0.25, 0.3) is 0 Å². The molecule has 1 nitrogen and oxygen atoms in total. The van der Waals surface area contributed by atoms with Crippen molar-refractivity contribution in [1.82, 2.24) is 4.57 Å². The van der Waals surface area contributed by atoms with E-state index in [0.29, 0.717) is 12.0 Å². The molecule has 1 rings (SSSR count). The first kappa shape index (κ1) is 14.3. The molecule has 1 aromatic heterocycles. The third kappa shape index (κ3) is 3.40. The molecule has 0 atom stereocenters. The quantitative estimate of drug-likeness (QED) is 0.675. The summed E-state index contributed by atoms with van der Waals surface area (Å²) in [6.45, 7) is 15.3. The van der Waals surface area contributed by atoms with Crippen molar-refractivity contribution in [3.05, 3.63) is 23.5 Å².